The summed E-state index contributed by atoms with van der Waals surface area (Å²) in [6, 6.07) is 7.26. The number of alkyl halides is 5. The van der Waals surface area contributed by atoms with E-state index in [0.717, 1.165) is 29.6 Å². The van der Waals surface area contributed by atoms with E-state index in [2.05, 4.69) is 20.8 Å². The summed E-state index contributed by atoms with van der Waals surface area (Å²) in [6.07, 6.45) is -1.77. The van der Waals surface area contributed by atoms with Crippen LogP contribution in [0.15, 0.2) is 24.3 Å². The molecule has 3 atom stereocenters. The van der Waals surface area contributed by atoms with Gasteiger partial charge in [0, 0.05) is 73.8 Å². The molecular formula is C27H33F5N8. The van der Waals surface area contributed by atoms with Gasteiger partial charge in [0.2, 0.25) is 0 Å². The number of pyridine rings is 2. The van der Waals surface area contributed by atoms with Crippen LogP contribution < -0.4 is 10.6 Å². The molecule has 0 spiro atoms. The molecule has 1 unspecified atom stereocenters. The highest BCUT2D eigenvalue weighted by Gasteiger charge is 2.45. The number of hydrogen-bond donors (Lipinski definition) is 3. The Morgan fingerprint density at radius 2 is 1.75 bits per heavy atom. The first kappa shape index (κ1) is 27.1. The van der Waals surface area contributed by atoms with Crippen LogP contribution in [0.5, 0.6) is 0 Å². The summed E-state index contributed by atoms with van der Waals surface area (Å²) in [5, 5.41) is 14.6. The third kappa shape index (κ3) is 6.14. The highest BCUT2D eigenvalue weighted by Crippen LogP contribution is 2.39. The molecule has 40 heavy (non-hydrogen) atoms. The number of anilines is 3. The predicted molar refractivity (Wildman–Crippen MR) is 142 cm³/mol. The van der Waals surface area contributed by atoms with Crippen molar-refractivity contribution in [2.75, 3.05) is 30.3 Å². The van der Waals surface area contributed by atoms with Gasteiger partial charge in [0.25, 0.3) is 5.92 Å². The summed E-state index contributed by atoms with van der Waals surface area (Å²) in [5.41, 5.74) is 2.34. The first-order chi connectivity index (χ1) is 19.0. The average molecular weight is 565 g/mol. The molecule has 8 nitrogen and oxygen atoms in total. The van der Waals surface area contributed by atoms with Gasteiger partial charge in [-0.15, -0.1) is 0 Å². The van der Waals surface area contributed by atoms with E-state index in [-0.39, 0.29) is 31.0 Å². The Balaban J connectivity index is 1.24. The quantitative estimate of drug-likeness (QED) is 0.322. The van der Waals surface area contributed by atoms with E-state index < -0.39 is 18.6 Å². The van der Waals surface area contributed by atoms with Crippen LogP contribution >= 0.6 is 0 Å². The van der Waals surface area contributed by atoms with Crippen molar-refractivity contribution >= 4 is 28.4 Å². The number of H-pyrrole nitrogens is 1. The highest BCUT2D eigenvalue weighted by atomic mass is 19.4. The molecule has 0 radical (unpaired) electrons. The number of piperidine rings is 2. The van der Waals surface area contributed by atoms with Gasteiger partial charge in [-0.1, -0.05) is 0 Å². The van der Waals surface area contributed by atoms with Crippen LogP contribution in [-0.4, -0.2) is 79.8 Å². The number of likely N-dealkylation sites (tertiary alicyclic amines) is 1. The number of halogens is 5. The second-order valence-electron chi connectivity index (χ2n) is 11.4. The van der Waals surface area contributed by atoms with E-state index in [0.29, 0.717) is 55.4 Å². The first-order valence-corrected chi connectivity index (χ1v) is 13.8. The molecule has 2 bridgehead atoms. The largest absolute Gasteiger partial charge is 0.401 e. The minimum Gasteiger partial charge on any atom is -0.367 e. The molecule has 3 aromatic heterocycles. The summed E-state index contributed by atoms with van der Waals surface area (Å²) < 4.78 is 66.7. The van der Waals surface area contributed by atoms with Gasteiger partial charge in [-0.3, -0.25) is 19.9 Å². The third-order valence-corrected chi connectivity index (χ3v) is 8.27. The highest BCUT2D eigenvalue weighted by molar-refractivity contribution is 5.91. The first-order valence-electron chi connectivity index (χ1n) is 13.8. The molecule has 13 heteroatoms. The molecule has 3 saturated heterocycles. The van der Waals surface area contributed by atoms with Crippen molar-refractivity contribution in [1.82, 2.24) is 30.0 Å². The van der Waals surface area contributed by atoms with Gasteiger partial charge in [-0.05, 0) is 44.7 Å². The van der Waals surface area contributed by atoms with Gasteiger partial charge in [-0.25, -0.2) is 13.8 Å². The number of aromatic nitrogens is 4. The molecule has 0 amide bonds. The van der Waals surface area contributed by atoms with Crippen molar-refractivity contribution < 1.29 is 22.0 Å². The molecule has 0 saturated carbocycles. The second-order valence-corrected chi connectivity index (χ2v) is 11.4. The predicted octanol–water partition coefficient (Wildman–Crippen LogP) is 5.61. The van der Waals surface area contributed by atoms with Gasteiger partial charge in [0.15, 0.2) is 5.82 Å². The molecule has 3 aromatic rings. The van der Waals surface area contributed by atoms with Crippen molar-refractivity contribution in [2.45, 2.75) is 82.2 Å². The van der Waals surface area contributed by atoms with E-state index in [1.54, 1.807) is 4.90 Å². The van der Waals surface area contributed by atoms with Gasteiger partial charge < -0.3 is 10.6 Å². The Morgan fingerprint density at radius 1 is 1.02 bits per heavy atom. The summed E-state index contributed by atoms with van der Waals surface area (Å²) >= 11 is 0. The fraction of sp³-hybridized carbons (Fsp3) is 0.593. The van der Waals surface area contributed by atoms with E-state index in [1.807, 2.05) is 36.1 Å². The van der Waals surface area contributed by atoms with E-state index >= 15 is 0 Å². The molecule has 0 aromatic carbocycles. The third-order valence-electron chi connectivity index (χ3n) is 8.27. The standard InChI is InChI=1S/C27H33F5N8/c1-16-10-24(38-37-16)35-23-13-22-21(5-2-17(33-22)14-39-8-6-26(28,29)7-9-39)25(36-23)34-18-11-19-3-4-20(12-18)40(19)15-27(30,31)32/h2,5,10,13,18-20H,3-4,6-9,11-12,14-15H2,1H3,(H3,34,35,36,37,38)/t18?,19-,20+. The average Bonchev–Trinajstić information content (AvgIpc) is 3.36. The smallest absolute Gasteiger partial charge is 0.367 e. The number of nitrogens with one attached hydrogen (secondary N) is 3. The van der Waals surface area contributed by atoms with Crippen molar-refractivity contribution in [1.29, 1.82) is 0 Å². The van der Waals surface area contributed by atoms with Gasteiger partial charge in [-0.2, -0.15) is 18.3 Å². The molecule has 0 aliphatic carbocycles. The number of nitrogens with zero attached hydrogens (tertiary/aromatic N) is 5. The number of hydrogen-bond acceptors (Lipinski definition) is 7. The Labute approximate surface area is 228 Å². The van der Waals surface area contributed by atoms with Crippen molar-refractivity contribution in [2.24, 2.45) is 0 Å². The van der Waals surface area contributed by atoms with Crippen LogP contribution in [0.3, 0.4) is 0 Å². The minimum atomic E-state index is -4.21. The lowest BCUT2D eigenvalue weighted by atomic mass is 9.97. The zero-order valence-corrected chi connectivity index (χ0v) is 22.2. The van der Waals surface area contributed by atoms with Gasteiger partial charge in [0.1, 0.15) is 11.6 Å². The van der Waals surface area contributed by atoms with Gasteiger partial charge >= 0.3 is 6.18 Å². The summed E-state index contributed by atoms with van der Waals surface area (Å²) in [7, 11) is 0. The Hall–Kier alpha value is -3.06. The van der Waals surface area contributed by atoms with Crippen LogP contribution in [0.25, 0.3) is 10.9 Å². The SMILES string of the molecule is Cc1cc(Nc2cc3nc(CN4CCC(F)(F)CC4)ccc3c(NC3C[C@H]4CC[C@@H](C3)N4CC(F)(F)F)n2)n[nH]1. The Morgan fingerprint density at radius 3 is 2.40 bits per heavy atom. The van der Waals surface area contributed by atoms with Crippen molar-refractivity contribution in [3.8, 4) is 0 Å². The summed E-state index contributed by atoms with van der Waals surface area (Å²) in [6.45, 7) is 2.13. The maximum Gasteiger partial charge on any atom is 0.401 e. The molecule has 3 aliphatic rings. The number of aryl methyl sites for hydroxylation is 1. The summed E-state index contributed by atoms with van der Waals surface area (Å²) in [4.78, 5) is 13.3. The Bertz CT molecular complexity index is 1330. The molecule has 3 fully saturated rings. The lowest BCUT2D eigenvalue weighted by Gasteiger charge is -2.39. The van der Waals surface area contributed by atoms with Crippen LogP contribution in [-0.2, 0) is 6.54 Å². The summed E-state index contributed by atoms with van der Waals surface area (Å²) in [5.74, 6) is -0.870. The zero-order chi connectivity index (χ0) is 28.1. The number of rotatable bonds is 7. The maximum atomic E-state index is 13.6. The molecule has 216 valence electrons. The van der Waals surface area contributed by atoms with Crippen molar-refractivity contribution in [3.05, 3.63) is 35.7 Å². The normalized spacial score (nSPS) is 25.4. The fourth-order valence-corrected chi connectivity index (χ4v) is 6.36. The molecular weight excluding hydrogens is 531 g/mol. The fourth-order valence-electron chi connectivity index (χ4n) is 6.36. The van der Waals surface area contributed by atoms with Crippen molar-refractivity contribution in [3.63, 3.8) is 0 Å². The van der Waals surface area contributed by atoms with Crippen LogP contribution in [0.1, 0.15) is 49.9 Å². The Kier molecular flexibility index (Phi) is 7.06. The molecule has 6 heterocycles. The lowest BCUT2D eigenvalue weighted by molar-refractivity contribution is -0.155. The van der Waals surface area contributed by atoms with E-state index in [1.165, 1.54) is 0 Å². The topological polar surface area (TPSA) is 85.0 Å². The van der Waals surface area contributed by atoms with Crippen LogP contribution in [0, 0.1) is 6.92 Å². The minimum absolute atomic E-state index is 0.0183. The van der Waals surface area contributed by atoms with Crippen LogP contribution in [0.2, 0.25) is 0 Å². The molecule has 3 aliphatic heterocycles. The number of aromatic amines is 1. The van der Waals surface area contributed by atoms with E-state index in [9.17, 15) is 22.0 Å². The monoisotopic (exact) mass is 564 g/mol. The lowest BCUT2D eigenvalue weighted by Crippen LogP contribution is -2.50. The van der Waals surface area contributed by atoms with E-state index in [4.69, 9.17) is 9.97 Å². The molecule has 3 N–H and O–H groups in total. The molecule has 6 rings (SSSR count). The van der Waals surface area contributed by atoms with Gasteiger partial charge in [0.05, 0.1) is 17.8 Å². The number of fused-ring (bicyclic) bond motifs is 3. The second kappa shape index (κ2) is 10.4. The zero-order valence-electron chi connectivity index (χ0n) is 22.2. The van der Waals surface area contributed by atoms with Crippen LogP contribution in [0.4, 0.5) is 39.4 Å². The maximum absolute atomic E-state index is 13.6.